The number of para-hydroxylation sites is 1. The van der Waals surface area contributed by atoms with E-state index in [9.17, 15) is 0 Å². The van der Waals surface area contributed by atoms with E-state index >= 15 is 0 Å². The molecule has 1 aliphatic carbocycles. The lowest BCUT2D eigenvalue weighted by Gasteiger charge is -2.46. The molecule has 0 spiro atoms. The van der Waals surface area contributed by atoms with Crippen LogP contribution in [0.15, 0.2) is 47.7 Å². The molecule has 2 nitrogen and oxygen atoms in total. The molecule has 0 bridgehead atoms. The van der Waals surface area contributed by atoms with E-state index in [0.717, 1.165) is 12.8 Å². The minimum atomic E-state index is 0.116. The minimum Gasteiger partial charge on any atom is -0.478 e. The van der Waals surface area contributed by atoms with Gasteiger partial charge in [0, 0.05) is 17.6 Å². The standard InChI is InChI=1S/C22H29NO/c1-14-10-11-17-15(2)13-24-21(20(14)17)23-18-9-7-6-8-16(18)12-19(23)22(3,4)5/h6-10,13,17,19-21H,11-12H2,1-5H3/t17-,19?,20-,21-/m0/s1. The van der Waals surface area contributed by atoms with Gasteiger partial charge in [0.25, 0.3) is 0 Å². The molecule has 0 fully saturated rings. The second-order valence-electron chi connectivity index (χ2n) is 8.83. The van der Waals surface area contributed by atoms with Crippen molar-refractivity contribution in [3.05, 3.63) is 53.3 Å². The van der Waals surface area contributed by atoms with Crippen LogP contribution in [0.3, 0.4) is 0 Å². The largest absolute Gasteiger partial charge is 0.478 e. The number of nitrogens with zero attached hydrogens (tertiary/aromatic N) is 1. The maximum absolute atomic E-state index is 6.36. The summed E-state index contributed by atoms with van der Waals surface area (Å²) in [5, 5.41) is 0. The zero-order valence-corrected chi connectivity index (χ0v) is 15.5. The van der Waals surface area contributed by atoms with Gasteiger partial charge in [0.1, 0.15) is 0 Å². The van der Waals surface area contributed by atoms with Crippen molar-refractivity contribution in [2.45, 2.75) is 59.7 Å². The first-order valence-corrected chi connectivity index (χ1v) is 9.23. The van der Waals surface area contributed by atoms with Crippen molar-refractivity contribution in [3.8, 4) is 0 Å². The molecule has 4 rings (SSSR count). The van der Waals surface area contributed by atoms with Gasteiger partial charge in [-0.1, -0.05) is 50.6 Å². The topological polar surface area (TPSA) is 12.5 Å². The SMILES string of the molecule is CC1=CC[C@H]2C(C)=CO[C@H](N3c4ccccc4CC3C(C)(C)C)[C@@H]12. The molecule has 3 aliphatic rings. The summed E-state index contributed by atoms with van der Waals surface area (Å²) >= 11 is 0. The zero-order valence-electron chi connectivity index (χ0n) is 15.5. The van der Waals surface area contributed by atoms with Crippen LogP contribution in [0, 0.1) is 17.3 Å². The van der Waals surface area contributed by atoms with E-state index in [0.29, 0.717) is 17.9 Å². The van der Waals surface area contributed by atoms with Gasteiger partial charge in [0.05, 0.1) is 6.26 Å². The fourth-order valence-corrected chi connectivity index (χ4v) is 4.84. The minimum absolute atomic E-state index is 0.116. The average molecular weight is 323 g/mol. The predicted octanol–water partition coefficient (Wildman–Crippen LogP) is 5.31. The lowest BCUT2D eigenvalue weighted by molar-refractivity contribution is 0.0455. The van der Waals surface area contributed by atoms with Gasteiger partial charge < -0.3 is 9.64 Å². The highest BCUT2D eigenvalue weighted by atomic mass is 16.5. The molecule has 0 aromatic heterocycles. The first kappa shape index (κ1) is 15.8. The van der Waals surface area contributed by atoms with Gasteiger partial charge in [-0.25, -0.2) is 0 Å². The molecule has 1 aromatic carbocycles. The second kappa shape index (κ2) is 5.40. The van der Waals surface area contributed by atoms with Crippen molar-refractivity contribution in [3.63, 3.8) is 0 Å². The van der Waals surface area contributed by atoms with Crippen LogP contribution in [0.25, 0.3) is 0 Å². The molecule has 2 aliphatic heterocycles. The van der Waals surface area contributed by atoms with Crippen LogP contribution >= 0.6 is 0 Å². The van der Waals surface area contributed by atoms with Crippen molar-refractivity contribution < 1.29 is 4.74 Å². The third-order valence-corrected chi connectivity index (χ3v) is 6.23. The van der Waals surface area contributed by atoms with Crippen LogP contribution in [0.2, 0.25) is 0 Å². The van der Waals surface area contributed by atoms with E-state index in [1.54, 1.807) is 0 Å². The number of hydrogen-bond donors (Lipinski definition) is 0. The smallest absolute Gasteiger partial charge is 0.178 e. The average Bonchev–Trinajstić information content (AvgIpc) is 3.10. The van der Waals surface area contributed by atoms with Gasteiger partial charge in [-0.15, -0.1) is 0 Å². The number of rotatable bonds is 1. The molecule has 1 aromatic rings. The molecule has 128 valence electrons. The molecule has 24 heavy (non-hydrogen) atoms. The lowest BCUT2D eigenvalue weighted by Crippen LogP contribution is -2.53. The fourth-order valence-electron chi connectivity index (χ4n) is 4.84. The van der Waals surface area contributed by atoms with Crippen LogP contribution in [-0.2, 0) is 11.2 Å². The molecule has 1 unspecified atom stereocenters. The Labute approximate surface area is 146 Å². The molecule has 0 saturated heterocycles. The molecular weight excluding hydrogens is 294 g/mol. The summed E-state index contributed by atoms with van der Waals surface area (Å²) in [6, 6.07) is 9.36. The van der Waals surface area contributed by atoms with Gasteiger partial charge in [-0.2, -0.15) is 0 Å². The van der Waals surface area contributed by atoms with Crippen molar-refractivity contribution in [1.82, 2.24) is 0 Å². The van der Waals surface area contributed by atoms with Crippen LogP contribution in [-0.4, -0.2) is 12.3 Å². The Bertz CT molecular complexity index is 709. The van der Waals surface area contributed by atoms with Gasteiger partial charge in [0.2, 0.25) is 0 Å². The Hall–Kier alpha value is -1.70. The Kier molecular flexibility index (Phi) is 3.56. The summed E-state index contributed by atoms with van der Waals surface area (Å²) < 4.78 is 6.36. The zero-order chi connectivity index (χ0) is 17.1. The molecule has 0 amide bonds. The second-order valence-corrected chi connectivity index (χ2v) is 8.83. The number of ether oxygens (including phenoxy) is 1. The third-order valence-electron chi connectivity index (χ3n) is 6.23. The lowest BCUT2D eigenvalue weighted by atomic mass is 9.80. The van der Waals surface area contributed by atoms with Crippen LogP contribution in [0.5, 0.6) is 0 Å². The first-order valence-electron chi connectivity index (χ1n) is 9.23. The summed E-state index contributed by atoms with van der Waals surface area (Å²) in [5.74, 6) is 1.09. The number of allylic oxidation sites excluding steroid dienone is 2. The van der Waals surface area contributed by atoms with Crippen LogP contribution in [0.1, 0.15) is 46.6 Å². The molecule has 0 radical (unpaired) electrons. The summed E-state index contributed by atoms with van der Waals surface area (Å²) in [4.78, 5) is 2.60. The van der Waals surface area contributed by atoms with Crippen molar-refractivity contribution in [2.75, 3.05) is 4.90 Å². The summed E-state index contributed by atoms with van der Waals surface area (Å²) in [5.41, 5.74) is 5.93. The van der Waals surface area contributed by atoms with Crippen molar-refractivity contribution >= 4 is 5.69 Å². The van der Waals surface area contributed by atoms with E-state index in [1.165, 1.54) is 22.4 Å². The van der Waals surface area contributed by atoms with E-state index in [-0.39, 0.29) is 11.6 Å². The monoisotopic (exact) mass is 323 g/mol. The summed E-state index contributed by atoms with van der Waals surface area (Å²) in [6.07, 6.45) is 6.84. The third kappa shape index (κ3) is 2.30. The number of anilines is 1. The summed E-state index contributed by atoms with van der Waals surface area (Å²) in [6.45, 7) is 11.6. The van der Waals surface area contributed by atoms with Gasteiger partial charge in [0.15, 0.2) is 6.23 Å². The fraction of sp³-hybridized carbons (Fsp3) is 0.545. The Morgan fingerprint density at radius 3 is 2.58 bits per heavy atom. The predicted molar refractivity (Wildman–Crippen MR) is 99.9 cm³/mol. The van der Waals surface area contributed by atoms with Gasteiger partial charge in [-0.3, -0.25) is 0 Å². The molecule has 0 saturated carbocycles. The Morgan fingerprint density at radius 2 is 1.83 bits per heavy atom. The molecule has 4 atom stereocenters. The number of benzene rings is 1. The van der Waals surface area contributed by atoms with Gasteiger partial charge >= 0.3 is 0 Å². The Balaban J connectivity index is 1.79. The maximum Gasteiger partial charge on any atom is 0.178 e. The van der Waals surface area contributed by atoms with E-state index in [4.69, 9.17) is 4.74 Å². The van der Waals surface area contributed by atoms with E-state index in [1.807, 2.05) is 6.26 Å². The molecule has 2 heterocycles. The highest BCUT2D eigenvalue weighted by Gasteiger charge is 2.48. The molecule has 0 N–H and O–H groups in total. The first-order chi connectivity index (χ1) is 11.4. The van der Waals surface area contributed by atoms with E-state index in [2.05, 4.69) is 69.9 Å². The number of fused-ring (bicyclic) bond motifs is 2. The highest BCUT2D eigenvalue weighted by molar-refractivity contribution is 5.61. The van der Waals surface area contributed by atoms with Crippen LogP contribution in [0.4, 0.5) is 5.69 Å². The van der Waals surface area contributed by atoms with Crippen molar-refractivity contribution in [2.24, 2.45) is 17.3 Å². The molecular formula is C22H29NO. The quantitative estimate of drug-likeness (QED) is 0.650. The Morgan fingerprint density at radius 1 is 1.08 bits per heavy atom. The van der Waals surface area contributed by atoms with E-state index < -0.39 is 0 Å². The normalized spacial score (nSPS) is 32.0. The highest BCUT2D eigenvalue weighted by Crippen LogP contribution is 2.49. The molecule has 2 heteroatoms. The number of hydrogen-bond acceptors (Lipinski definition) is 2. The van der Waals surface area contributed by atoms with Crippen molar-refractivity contribution in [1.29, 1.82) is 0 Å². The van der Waals surface area contributed by atoms with Crippen LogP contribution < -0.4 is 4.90 Å². The summed E-state index contributed by atoms with van der Waals surface area (Å²) in [7, 11) is 0. The van der Waals surface area contributed by atoms with Gasteiger partial charge in [-0.05, 0) is 55.2 Å². The maximum atomic E-state index is 6.36.